The van der Waals surface area contributed by atoms with Crippen LogP contribution in [0.25, 0.3) is 0 Å². The summed E-state index contributed by atoms with van der Waals surface area (Å²) in [5, 5.41) is 15.8. The molecule has 0 spiro atoms. The Morgan fingerprint density at radius 2 is 1.76 bits per heavy atom. The highest BCUT2D eigenvalue weighted by atomic mass is 32.2. The predicted molar refractivity (Wildman–Crippen MR) is 189 cm³/mol. The number of aryl methyl sites for hydroxylation is 1. The zero-order valence-electron chi connectivity index (χ0n) is 28.7. The van der Waals surface area contributed by atoms with Crippen LogP contribution in [-0.4, -0.2) is 43.5 Å². The molecule has 0 bridgehead atoms. The highest BCUT2D eigenvalue weighted by molar-refractivity contribution is 7.92. The second-order valence-electron chi connectivity index (χ2n) is 13.7. The fourth-order valence-corrected chi connectivity index (χ4v) is 6.71. The van der Waals surface area contributed by atoms with Crippen LogP contribution in [0.3, 0.4) is 0 Å². The summed E-state index contributed by atoms with van der Waals surface area (Å²) in [6.45, 7) is 8.41. The summed E-state index contributed by atoms with van der Waals surface area (Å²) < 4.78 is 41.0. The van der Waals surface area contributed by atoms with Gasteiger partial charge in [-0.25, -0.2) is 13.4 Å². The molecule has 256 valence electrons. The van der Waals surface area contributed by atoms with Gasteiger partial charge < -0.3 is 19.4 Å². The summed E-state index contributed by atoms with van der Waals surface area (Å²) in [6, 6.07) is 18.9. The molecule has 0 saturated heterocycles. The summed E-state index contributed by atoms with van der Waals surface area (Å²) in [7, 11) is -0.271. The van der Waals surface area contributed by atoms with E-state index >= 15 is 0 Å². The minimum Gasteiger partial charge on any atom is -0.492 e. The second-order valence-corrected chi connectivity index (χ2v) is 15.5. The summed E-state index contributed by atoms with van der Waals surface area (Å²) in [5.74, 6) is 0.567. The molecule has 3 aromatic carbocycles. The fourth-order valence-electron chi connectivity index (χ4n) is 6.16. The highest BCUT2D eigenvalue weighted by Crippen LogP contribution is 2.50. The van der Waals surface area contributed by atoms with Gasteiger partial charge in [0.2, 0.25) is 10.0 Å². The van der Waals surface area contributed by atoms with Crippen LogP contribution in [0.4, 0.5) is 11.4 Å². The summed E-state index contributed by atoms with van der Waals surface area (Å²) >= 11 is 0. The van der Waals surface area contributed by atoms with Crippen LogP contribution in [0.5, 0.6) is 5.75 Å². The third kappa shape index (κ3) is 6.73. The lowest BCUT2D eigenvalue weighted by atomic mass is 9.84. The Morgan fingerprint density at radius 3 is 2.37 bits per heavy atom. The first-order valence-corrected chi connectivity index (χ1v) is 17.8. The van der Waals surface area contributed by atoms with Gasteiger partial charge in [0.25, 0.3) is 5.91 Å². The zero-order chi connectivity index (χ0) is 35.2. The largest absolute Gasteiger partial charge is 0.492 e. The van der Waals surface area contributed by atoms with Crippen LogP contribution >= 0.6 is 0 Å². The molecule has 1 saturated carbocycles. The number of benzene rings is 3. The number of carbonyl (C=O) groups excluding carboxylic acids is 1. The van der Waals surface area contributed by atoms with Gasteiger partial charge in [0.15, 0.2) is 11.3 Å². The Balaban J connectivity index is 1.34. The molecule has 1 atom stereocenters. The molecule has 2 heterocycles. The first-order chi connectivity index (χ1) is 23.2. The molecule has 1 amide bonds. The standard InChI is InChI=1S/C36H41N7O5S/c1-23-13-14-25(32(44)39-28-18-26(34(2,3)4)19-29(31(28)47-6)40-49(7,45)46)17-27(23)36(22-38-42-41-36)30-20-37-33(43(30)5)35(15-16-35)48-21-24-11-9-8-10-12-24/h8-14,17-20,22,40H,15-16,21H2,1-7H3,(H,39,44). The Morgan fingerprint density at radius 1 is 1.04 bits per heavy atom. The number of rotatable bonds is 11. The number of hydrogen-bond donors (Lipinski definition) is 2. The van der Waals surface area contributed by atoms with E-state index in [1.54, 1.807) is 36.7 Å². The molecule has 1 unspecified atom stereocenters. The van der Waals surface area contributed by atoms with Crippen molar-refractivity contribution in [2.45, 2.75) is 63.7 Å². The number of aromatic nitrogens is 2. The quantitative estimate of drug-likeness (QED) is 0.183. The van der Waals surface area contributed by atoms with Gasteiger partial charge >= 0.3 is 0 Å². The number of sulfonamides is 1. The number of imidazole rings is 1. The minimum absolute atomic E-state index is 0.193. The van der Waals surface area contributed by atoms with Gasteiger partial charge in [0, 0.05) is 12.6 Å². The number of ether oxygens (including phenoxy) is 2. The van der Waals surface area contributed by atoms with Crippen LogP contribution < -0.4 is 14.8 Å². The van der Waals surface area contributed by atoms with Crippen LogP contribution in [0.15, 0.2) is 82.3 Å². The maximum atomic E-state index is 13.9. The van der Waals surface area contributed by atoms with Crippen LogP contribution in [0.1, 0.15) is 77.7 Å². The lowest BCUT2D eigenvalue weighted by molar-refractivity contribution is 0.00909. The van der Waals surface area contributed by atoms with Crippen molar-refractivity contribution < 1.29 is 22.7 Å². The number of methoxy groups -OCH3 is 1. The van der Waals surface area contributed by atoms with Crippen molar-refractivity contribution >= 4 is 33.5 Å². The Hall–Kier alpha value is -4.88. The summed E-state index contributed by atoms with van der Waals surface area (Å²) in [6.07, 6.45) is 6.21. The molecule has 6 rings (SSSR count). The molecule has 1 aliphatic heterocycles. The van der Waals surface area contributed by atoms with Crippen LogP contribution in [-0.2, 0) is 45.0 Å². The van der Waals surface area contributed by atoms with Crippen molar-refractivity contribution in [1.29, 1.82) is 0 Å². The molecule has 2 N–H and O–H groups in total. The predicted octanol–water partition coefficient (Wildman–Crippen LogP) is 6.56. The first-order valence-electron chi connectivity index (χ1n) is 16.0. The normalized spacial score (nSPS) is 18.0. The van der Waals surface area contributed by atoms with Gasteiger partial charge in [-0.2, -0.15) is 0 Å². The molecule has 1 aromatic heterocycles. The molecule has 1 aliphatic carbocycles. The molecular weight excluding hydrogens is 643 g/mol. The number of anilines is 2. The molecule has 12 nitrogen and oxygen atoms in total. The monoisotopic (exact) mass is 683 g/mol. The van der Waals surface area contributed by atoms with Crippen molar-refractivity contribution in [2.75, 3.05) is 23.4 Å². The van der Waals surface area contributed by atoms with E-state index in [-0.39, 0.29) is 16.9 Å². The number of nitrogens with one attached hydrogen (secondary N) is 2. The number of carbonyl (C=O) groups is 1. The number of amides is 1. The third-order valence-electron chi connectivity index (χ3n) is 8.96. The van der Waals surface area contributed by atoms with Gasteiger partial charge in [-0.15, -0.1) is 10.2 Å². The molecule has 1 fully saturated rings. The van der Waals surface area contributed by atoms with Gasteiger partial charge in [-0.05, 0) is 76.9 Å². The molecule has 13 heteroatoms. The Kier molecular flexibility index (Phi) is 8.70. The van der Waals surface area contributed by atoms with E-state index in [0.29, 0.717) is 23.4 Å². The van der Waals surface area contributed by atoms with Gasteiger partial charge in [-0.3, -0.25) is 9.52 Å². The van der Waals surface area contributed by atoms with Crippen molar-refractivity contribution in [3.05, 3.63) is 106 Å². The Labute approximate surface area is 286 Å². The highest BCUT2D eigenvalue weighted by Gasteiger charge is 2.51. The average Bonchev–Trinajstić information content (AvgIpc) is 3.46. The lowest BCUT2D eigenvalue weighted by Crippen LogP contribution is -2.30. The van der Waals surface area contributed by atoms with E-state index in [1.165, 1.54) is 7.11 Å². The number of hydrogen-bond acceptors (Lipinski definition) is 9. The van der Waals surface area contributed by atoms with Gasteiger partial charge in [0.05, 0.1) is 49.5 Å². The van der Waals surface area contributed by atoms with Gasteiger partial charge in [0.1, 0.15) is 11.4 Å². The van der Waals surface area contributed by atoms with Crippen molar-refractivity contribution in [2.24, 2.45) is 22.5 Å². The fraction of sp³-hybridized carbons (Fsp3) is 0.361. The Bertz CT molecular complexity index is 2070. The van der Waals surface area contributed by atoms with Gasteiger partial charge in [-0.1, -0.05) is 57.2 Å². The zero-order valence-corrected chi connectivity index (χ0v) is 29.6. The summed E-state index contributed by atoms with van der Waals surface area (Å²) in [5.41, 5.74) is 3.13. The summed E-state index contributed by atoms with van der Waals surface area (Å²) in [4.78, 5) is 18.8. The van der Waals surface area contributed by atoms with E-state index in [0.717, 1.165) is 47.3 Å². The molecule has 0 radical (unpaired) electrons. The maximum absolute atomic E-state index is 13.9. The van der Waals surface area contributed by atoms with Crippen LogP contribution in [0.2, 0.25) is 0 Å². The lowest BCUT2D eigenvalue weighted by Gasteiger charge is -2.26. The van der Waals surface area contributed by atoms with E-state index in [9.17, 15) is 13.2 Å². The number of nitrogens with zero attached hydrogens (tertiary/aromatic N) is 5. The maximum Gasteiger partial charge on any atom is 0.255 e. The smallest absolute Gasteiger partial charge is 0.255 e. The van der Waals surface area contributed by atoms with Crippen molar-refractivity contribution in [3.63, 3.8) is 0 Å². The van der Waals surface area contributed by atoms with E-state index in [1.807, 2.05) is 75.7 Å². The third-order valence-corrected chi connectivity index (χ3v) is 9.55. The van der Waals surface area contributed by atoms with Crippen molar-refractivity contribution in [1.82, 2.24) is 9.55 Å². The van der Waals surface area contributed by atoms with E-state index < -0.39 is 27.1 Å². The topological polar surface area (TPSA) is 149 Å². The SMILES string of the molecule is COc1c(NC(=O)c2ccc(C)c(C3(c4cnc(C5(OCc6ccccc6)CC5)n4C)C=NN=N3)c2)cc(C(C)(C)C)cc1NS(C)(=O)=O. The molecular formula is C36H41N7O5S. The van der Waals surface area contributed by atoms with E-state index in [4.69, 9.17) is 14.5 Å². The molecule has 4 aromatic rings. The first kappa shape index (κ1) is 34.0. The van der Waals surface area contributed by atoms with Crippen LogP contribution in [0, 0.1) is 6.92 Å². The minimum atomic E-state index is -3.64. The average molecular weight is 684 g/mol. The molecule has 2 aliphatic rings. The van der Waals surface area contributed by atoms with E-state index in [2.05, 4.69) is 25.5 Å². The second kappa shape index (κ2) is 12.5. The van der Waals surface area contributed by atoms with Crippen molar-refractivity contribution in [3.8, 4) is 5.75 Å². The molecule has 49 heavy (non-hydrogen) atoms.